The van der Waals surface area contributed by atoms with Crippen LogP contribution in [0.5, 0.6) is 0 Å². The highest BCUT2D eigenvalue weighted by Gasteiger charge is 1.89. The Balaban J connectivity index is 3.51. The zero-order valence-corrected chi connectivity index (χ0v) is 8.23. The van der Waals surface area contributed by atoms with Crippen LogP contribution in [0.25, 0.3) is 0 Å². The maximum atomic E-state index is 10.8. The number of esters is 1. The van der Waals surface area contributed by atoms with Crippen LogP contribution in [0.1, 0.15) is 6.92 Å². The third-order valence-electron chi connectivity index (χ3n) is 1.17. The van der Waals surface area contributed by atoms with Gasteiger partial charge in [-0.3, -0.25) is 0 Å². The van der Waals surface area contributed by atoms with Crippen molar-refractivity contribution in [2.75, 3.05) is 19.8 Å². The number of hydrogen-bond acceptors (Lipinski definition) is 3. The molecule has 0 aromatic heterocycles. The fraction of sp³-hybridized carbons (Fsp3) is 0.364. The van der Waals surface area contributed by atoms with Crippen LogP contribution >= 0.6 is 0 Å². The van der Waals surface area contributed by atoms with E-state index in [0.29, 0.717) is 19.8 Å². The number of rotatable bonds is 6. The van der Waals surface area contributed by atoms with Crippen LogP contribution in [0.3, 0.4) is 0 Å². The lowest BCUT2D eigenvalue weighted by atomic mass is 10.4. The van der Waals surface area contributed by atoms with Crippen LogP contribution in [0.4, 0.5) is 0 Å². The summed E-state index contributed by atoms with van der Waals surface area (Å²) in [5.41, 5.74) is 0. The van der Waals surface area contributed by atoms with Crippen molar-refractivity contribution in [1.29, 1.82) is 0 Å². The number of allylic oxidation sites excluding steroid dienone is 2. The molecule has 0 heterocycles. The van der Waals surface area contributed by atoms with Gasteiger partial charge in [-0.15, -0.1) is 6.42 Å². The predicted octanol–water partition coefficient (Wildman–Crippen LogP) is 1.31. The molecule has 0 fully saturated rings. The number of ether oxygens (including phenoxy) is 2. The molecule has 0 saturated carbocycles. The molecule has 0 aliphatic carbocycles. The van der Waals surface area contributed by atoms with Gasteiger partial charge < -0.3 is 9.47 Å². The summed E-state index contributed by atoms with van der Waals surface area (Å²) in [7, 11) is 0. The first-order valence-corrected chi connectivity index (χ1v) is 4.32. The highest BCUT2D eigenvalue weighted by atomic mass is 16.5. The summed E-state index contributed by atoms with van der Waals surface area (Å²) in [6, 6.07) is 0. The molecule has 0 N–H and O–H groups in total. The number of carbonyl (C=O) groups is 1. The van der Waals surface area contributed by atoms with Crippen molar-refractivity contribution in [2.24, 2.45) is 0 Å². The van der Waals surface area contributed by atoms with Crippen LogP contribution < -0.4 is 0 Å². The molecule has 0 aliphatic rings. The van der Waals surface area contributed by atoms with Crippen molar-refractivity contribution in [2.45, 2.75) is 6.92 Å². The highest BCUT2D eigenvalue weighted by Crippen LogP contribution is 1.83. The van der Waals surface area contributed by atoms with Gasteiger partial charge in [0.2, 0.25) is 0 Å². The second kappa shape index (κ2) is 9.56. The quantitative estimate of drug-likeness (QED) is 0.210. The molecule has 0 unspecified atom stereocenters. The lowest BCUT2D eigenvalue weighted by Gasteiger charge is -1.93. The minimum Gasteiger partial charge on any atom is -0.463 e. The Hall–Kier alpha value is -1.53. The van der Waals surface area contributed by atoms with Gasteiger partial charge in [0.05, 0.1) is 13.2 Å². The third-order valence-corrected chi connectivity index (χ3v) is 1.17. The molecule has 0 saturated heterocycles. The molecule has 0 bridgehead atoms. The zero-order valence-electron chi connectivity index (χ0n) is 8.23. The van der Waals surface area contributed by atoms with Crippen molar-refractivity contribution in [3.63, 3.8) is 0 Å². The number of hydrogen-bond donors (Lipinski definition) is 0. The first-order chi connectivity index (χ1) is 6.81. The maximum Gasteiger partial charge on any atom is 0.330 e. The number of carbonyl (C=O) groups excluding carboxylic acids is 1. The van der Waals surface area contributed by atoms with E-state index in [0.717, 1.165) is 0 Å². The minimum atomic E-state index is -0.346. The molecule has 0 aliphatic heterocycles. The molecule has 3 nitrogen and oxygen atoms in total. The Morgan fingerprint density at radius 2 is 2.29 bits per heavy atom. The monoisotopic (exact) mass is 194 g/mol. The highest BCUT2D eigenvalue weighted by molar-refractivity contribution is 5.82. The third kappa shape index (κ3) is 8.57. The van der Waals surface area contributed by atoms with E-state index in [4.69, 9.17) is 11.2 Å². The molecule has 0 amide bonds. The molecule has 0 aromatic rings. The molecule has 0 radical (unpaired) electrons. The first kappa shape index (κ1) is 12.5. The van der Waals surface area contributed by atoms with E-state index in [1.165, 1.54) is 6.08 Å². The summed E-state index contributed by atoms with van der Waals surface area (Å²) < 4.78 is 9.63. The van der Waals surface area contributed by atoms with Gasteiger partial charge in [-0.25, -0.2) is 4.79 Å². The minimum absolute atomic E-state index is 0.298. The molecular weight excluding hydrogens is 180 g/mol. The average molecular weight is 194 g/mol. The van der Waals surface area contributed by atoms with E-state index < -0.39 is 0 Å². The Kier molecular flexibility index (Phi) is 8.51. The van der Waals surface area contributed by atoms with Crippen LogP contribution in [-0.4, -0.2) is 25.8 Å². The fourth-order valence-electron chi connectivity index (χ4n) is 0.645. The zero-order chi connectivity index (χ0) is 10.6. The lowest BCUT2D eigenvalue weighted by molar-refractivity contribution is -0.137. The molecule has 0 spiro atoms. The van der Waals surface area contributed by atoms with Crippen molar-refractivity contribution in [3.8, 4) is 12.3 Å². The summed E-state index contributed by atoms with van der Waals surface area (Å²) in [5.74, 6) is 2.00. The summed E-state index contributed by atoms with van der Waals surface area (Å²) in [4.78, 5) is 10.8. The van der Waals surface area contributed by atoms with E-state index in [9.17, 15) is 4.79 Å². The summed E-state index contributed by atoms with van der Waals surface area (Å²) in [6.45, 7) is 2.89. The average Bonchev–Trinajstić information content (AvgIpc) is 2.17. The molecule has 0 atom stereocenters. The van der Waals surface area contributed by atoms with Crippen molar-refractivity contribution in [1.82, 2.24) is 0 Å². The van der Waals surface area contributed by atoms with Gasteiger partial charge in [0, 0.05) is 6.08 Å². The van der Waals surface area contributed by atoms with E-state index in [1.54, 1.807) is 25.2 Å². The maximum absolute atomic E-state index is 10.8. The Bertz CT molecular complexity index is 246. The second-order valence-electron chi connectivity index (χ2n) is 2.26. The summed E-state index contributed by atoms with van der Waals surface area (Å²) >= 11 is 0. The molecule has 0 rings (SSSR count). The lowest BCUT2D eigenvalue weighted by Crippen LogP contribution is -1.98. The van der Waals surface area contributed by atoms with Crippen LogP contribution in [-0.2, 0) is 14.3 Å². The standard InChI is InChI=1S/C11H14O3/c1-3-9-13-10-7-5-6-8-11(12)14-4-2/h1,5-8H,4,9-10H2,2H3/b7-5+,8-6+. The van der Waals surface area contributed by atoms with E-state index in [-0.39, 0.29) is 5.97 Å². The van der Waals surface area contributed by atoms with E-state index >= 15 is 0 Å². The SMILES string of the molecule is C#CCOC/C=C/C=C/C(=O)OCC. The van der Waals surface area contributed by atoms with E-state index in [2.05, 4.69) is 10.7 Å². The van der Waals surface area contributed by atoms with Crippen LogP contribution in [0.15, 0.2) is 24.3 Å². The largest absolute Gasteiger partial charge is 0.463 e. The summed E-state index contributed by atoms with van der Waals surface area (Å²) in [5, 5.41) is 0. The van der Waals surface area contributed by atoms with Gasteiger partial charge in [-0.05, 0) is 6.92 Å². The second-order valence-corrected chi connectivity index (χ2v) is 2.26. The molecule has 3 heteroatoms. The first-order valence-electron chi connectivity index (χ1n) is 4.32. The topological polar surface area (TPSA) is 35.5 Å². The van der Waals surface area contributed by atoms with Crippen molar-refractivity contribution < 1.29 is 14.3 Å². The van der Waals surface area contributed by atoms with Gasteiger partial charge in [0.1, 0.15) is 6.61 Å². The fourth-order valence-corrected chi connectivity index (χ4v) is 0.645. The Labute approximate surface area is 84.4 Å². The van der Waals surface area contributed by atoms with Gasteiger partial charge in [-0.2, -0.15) is 0 Å². The van der Waals surface area contributed by atoms with E-state index in [1.807, 2.05) is 0 Å². The van der Waals surface area contributed by atoms with Gasteiger partial charge in [0.15, 0.2) is 0 Å². The molecule has 76 valence electrons. The van der Waals surface area contributed by atoms with Gasteiger partial charge >= 0.3 is 5.97 Å². The molecular formula is C11H14O3. The number of terminal acetylenes is 1. The predicted molar refractivity (Wildman–Crippen MR) is 54.6 cm³/mol. The normalized spacial score (nSPS) is 10.6. The Morgan fingerprint density at radius 3 is 2.93 bits per heavy atom. The van der Waals surface area contributed by atoms with Crippen LogP contribution in [0.2, 0.25) is 0 Å². The van der Waals surface area contributed by atoms with Gasteiger partial charge in [0.25, 0.3) is 0 Å². The Morgan fingerprint density at radius 1 is 1.50 bits per heavy atom. The summed E-state index contributed by atoms with van der Waals surface area (Å²) in [6.07, 6.45) is 11.4. The van der Waals surface area contributed by atoms with Crippen LogP contribution in [0, 0.1) is 12.3 Å². The molecule has 0 aromatic carbocycles. The molecule has 14 heavy (non-hydrogen) atoms. The van der Waals surface area contributed by atoms with Gasteiger partial charge in [-0.1, -0.05) is 24.1 Å². The van der Waals surface area contributed by atoms with Crippen molar-refractivity contribution >= 4 is 5.97 Å². The van der Waals surface area contributed by atoms with Crippen molar-refractivity contribution in [3.05, 3.63) is 24.3 Å². The smallest absolute Gasteiger partial charge is 0.330 e.